The molecule has 0 aliphatic carbocycles. The standard InChI is InChI=1S/C24H12N4S/c25-9-15-5-19(13-27-11-15)17-1-3-23-21(7-17)22-8-18(2-4-24(22)29-23)20-6-16(10-26)12-28-14-20/h1-8,11-14H. The van der Waals surface area contributed by atoms with Crippen molar-refractivity contribution in [2.45, 2.75) is 0 Å². The van der Waals surface area contributed by atoms with Crippen LogP contribution in [0.3, 0.4) is 0 Å². The van der Waals surface area contributed by atoms with E-state index in [0.29, 0.717) is 11.1 Å². The summed E-state index contributed by atoms with van der Waals surface area (Å²) in [5, 5.41) is 20.6. The van der Waals surface area contributed by atoms with Gasteiger partial charge in [0.15, 0.2) is 0 Å². The monoisotopic (exact) mass is 388 g/mol. The SMILES string of the molecule is N#Cc1cncc(-c2ccc3sc4ccc(-c5cncc(C#N)c5)cc4c3c2)c1. The Balaban J connectivity index is 1.69. The van der Waals surface area contributed by atoms with Crippen LogP contribution < -0.4 is 0 Å². The van der Waals surface area contributed by atoms with E-state index in [1.54, 1.807) is 36.1 Å². The van der Waals surface area contributed by atoms with Crippen molar-refractivity contribution in [3.05, 3.63) is 84.4 Å². The summed E-state index contributed by atoms with van der Waals surface area (Å²) in [5.41, 5.74) is 5.00. The highest BCUT2D eigenvalue weighted by molar-refractivity contribution is 7.25. The van der Waals surface area contributed by atoms with Gasteiger partial charge in [-0.3, -0.25) is 9.97 Å². The van der Waals surface area contributed by atoms with Crippen LogP contribution in [0.2, 0.25) is 0 Å². The summed E-state index contributed by atoms with van der Waals surface area (Å²) >= 11 is 1.75. The second kappa shape index (κ2) is 6.83. The first-order valence-electron chi connectivity index (χ1n) is 8.92. The lowest BCUT2D eigenvalue weighted by Crippen LogP contribution is -1.84. The molecule has 3 heterocycles. The van der Waals surface area contributed by atoms with Crippen LogP contribution in [-0.4, -0.2) is 9.97 Å². The Bertz CT molecular complexity index is 1370. The third-order valence-corrected chi connectivity index (χ3v) is 6.02. The molecule has 0 fully saturated rings. The van der Waals surface area contributed by atoms with Gasteiger partial charge in [0.25, 0.3) is 0 Å². The third kappa shape index (κ3) is 3.00. The van der Waals surface area contributed by atoms with Crippen LogP contribution in [0.1, 0.15) is 11.1 Å². The minimum Gasteiger partial charge on any atom is -0.263 e. The topological polar surface area (TPSA) is 73.4 Å². The van der Waals surface area contributed by atoms with E-state index in [1.807, 2.05) is 12.1 Å². The van der Waals surface area contributed by atoms with Gasteiger partial charge in [0.1, 0.15) is 12.1 Å². The molecule has 0 aliphatic rings. The first-order chi connectivity index (χ1) is 14.2. The molecule has 134 valence electrons. The van der Waals surface area contributed by atoms with Crippen molar-refractivity contribution in [1.29, 1.82) is 10.5 Å². The van der Waals surface area contributed by atoms with Gasteiger partial charge in [-0.05, 0) is 47.5 Å². The number of rotatable bonds is 2. The number of thiophene rings is 1. The number of aromatic nitrogens is 2. The van der Waals surface area contributed by atoms with Crippen LogP contribution in [0.5, 0.6) is 0 Å². The van der Waals surface area contributed by atoms with Gasteiger partial charge in [0.2, 0.25) is 0 Å². The van der Waals surface area contributed by atoms with E-state index >= 15 is 0 Å². The van der Waals surface area contributed by atoms with Crippen molar-refractivity contribution in [1.82, 2.24) is 9.97 Å². The fourth-order valence-electron chi connectivity index (χ4n) is 3.45. The molecule has 0 N–H and O–H groups in total. The highest BCUT2D eigenvalue weighted by Gasteiger charge is 2.10. The van der Waals surface area contributed by atoms with E-state index in [2.05, 4.69) is 58.5 Å². The molecule has 5 heteroatoms. The van der Waals surface area contributed by atoms with Crippen LogP contribution in [0, 0.1) is 22.7 Å². The Labute approximate surface area is 171 Å². The van der Waals surface area contributed by atoms with Gasteiger partial charge < -0.3 is 0 Å². The molecule has 0 radical (unpaired) electrons. The highest BCUT2D eigenvalue weighted by atomic mass is 32.1. The molecule has 2 aromatic carbocycles. The number of nitriles is 2. The zero-order valence-corrected chi connectivity index (χ0v) is 15.9. The molecule has 5 aromatic rings. The molecule has 4 nitrogen and oxygen atoms in total. The maximum absolute atomic E-state index is 9.15. The van der Waals surface area contributed by atoms with Crippen LogP contribution in [0.25, 0.3) is 42.4 Å². The number of fused-ring (bicyclic) bond motifs is 3. The van der Waals surface area contributed by atoms with Crippen LogP contribution >= 0.6 is 11.3 Å². The Morgan fingerprint density at radius 3 is 1.52 bits per heavy atom. The molecule has 0 spiro atoms. The molecular weight excluding hydrogens is 376 g/mol. The Kier molecular flexibility index (Phi) is 4.02. The molecule has 5 rings (SSSR count). The Hall–Kier alpha value is -4.06. The first kappa shape index (κ1) is 17.1. The van der Waals surface area contributed by atoms with Crippen molar-refractivity contribution >= 4 is 31.5 Å². The van der Waals surface area contributed by atoms with Crippen molar-refractivity contribution in [2.75, 3.05) is 0 Å². The maximum Gasteiger partial charge on any atom is 0.101 e. The largest absolute Gasteiger partial charge is 0.263 e. The lowest BCUT2D eigenvalue weighted by molar-refractivity contribution is 1.30. The minimum atomic E-state index is 0.546. The van der Waals surface area contributed by atoms with Gasteiger partial charge >= 0.3 is 0 Å². The fraction of sp³-hybridized carbons (Fsp3) is 0. The van der Waals surface area contributed by atoms with E-state index in [1.165, 1.54) is 9.40 Å². The van der Waals surface area contributed by atoms with E-state index in [0.717, 1.165) is 33.0 Å². The van der Waals surface area contributed by atoms with E-state index in [9.17, 15) is 0 Å². The summed E-state index contributed by atoms with van der Waals surface area (Å²) in [4.78, 5) is 8.36. The number of hydrogen-bond acceptors (Lipinski definition) is 5. The molecule has 0 amide bonds. The zero-order valence-electron chi connectivity index (χ0n) is 15.1. The van der Waals surface area contributed by atoms with Crippen molar-refractivity contribution in [3.63, 3.8) is 0 Å². The number of hydrogen-bond donors (Lipinski definition) is 0. The molecule has 0 aliphatic heterocycles. The van der Waals surface area contributed by atoms with Gasteiger partial charge in [0, 0.05) is 56.1 Å². The Morgan fingerprint density at radius 1 is 0.586 bits per heavy atom. The predicted octanol–water partition coefficient (Wildman–Crippen LogP) is 5.92. The third-order valence-electron chi connectivity index (χ3n) is 4.87. The van der Waals surface area contributed by atoms with Crippen molar-refractivity contribution in [2.24, 2.45) is 0 Å². The molecule has 0 bridgehead atoms. The van der Waals surface area contributed by atoms with Crippen molar-refractivity contribution in [3.8, 4) is 34.4 Å². The van der Waals surface area contributed by atoms with Crippen LogP contribution in [0.4, 0.5) is 0 Å². The summed E-state index contributed by atoms with van der Waals surface area (Å²) in [7, 11) is 0. The summed E-state index contributed by atoms with van der Waals surface area (Å²) in [6.07, 6.45) is 6.69. The average molecular weight is 388 g/mol. The fourth-order valence-corrected chi connectivity index (χ4v) is 4.52. The quantitative estimate of drug-likeness (QED) is 0.376. The highest BCUT2D eigenvalue weighted by Crippen LogP contribution is 2.38. The summed E-state index contributed by atoms with van der Waals surface area (Å²) in [6.45, 7) is 0. The normalized spacial score (nSPS) is 10.7. The summed E-state index contributed by atoms with van der Waals surface area (Å²) in [5.74, 6) is 0. The van der Waals surface area contributed by atoms with Gasteiger partial charge in [-0.1, -0.05) is 12.1 Å². The molecule has 0 saturated carbocycles. The summed E-state index contributed by atoms with van der Waals surface area (Å²) < 4.78 is 2.41. The van der Waals surface area contributed by atoms with E-state index in [-0.39, 0.29) is 0 Å². The maximum atomic E-state index is 9.15. The molecule has 0 atom stereocenters. The molecule has 29 heavy (non-hydrogen) atoms. The lowest BCUT2D eigenvalue weighted by atomic mass is 10.0. The van der Waals surface area contributed by atoms with Crippen LogP contribution in [-0.2, 0) is 0 Å². The predicted molar refractivity (Wildman–Crippen MR) is 115 cm³/mol. The smallest absolute Gasteiger partial charge is 0.101 e. The molecule has 3 aromatic heterocycles. The molecule has 0 saturated heterocycles. The van der Waals surface area contributed by atoms with Gasteiger partial charge in [0.05, 0.1) is 11.1 Å². The van der Waals surface area contributed by atoms with Gasteiger partial charge in [-0.15, -0.1) is 11.3 Å². The average Bonchev–Trinajstić information content (AvgIpc) is 3.16. The second-order valence-corrected chi connectivity index (χ2v) is 7.76. The number of benzene rings is 2. The minimum absolute atomic E-state index is 0.546. The van der Waals surface area contributed by atoms with Gasteiger partial charge in [-0.25, -0.2) is 0 Å². The number of nitrogens with zero attached hydrogens (tertiary/aromatic N) is 4. The molecular formula is C24H12N4S. The lowest BCUT2D eigenvalue weighted by Gasteiger charge is -2.04. The zero-order chi connectivity index (χ0) is 19.8. The number of pyridine rings is 2. The van der Waals surface area contributed by atoms with E-state index in [4.69, 9.17) is 10.5 Å². The first-order valence-corrected chi connectivity index (χ1v) is 9.74. The Morgan fingerprint density at radius 2 is 1.07 bits per heavy atom. The van der Waals surface area contributed by atoms with Crippen molar-refractivity contribution < 1.29 is 0 Å². The second-order valence-electron chi connectivity index (χ2n) is 6.67. The molecule has 0 unspecified atom stereocenters. The van der Waals surface area contributed by atoms with Crippen LogP contribution in [0.15, 0.2) is 73.3 Å². The summed E-state index contributed by atoms with van der Waals surface area (Å²) in [6, 6.07) is 20.7. The van der Waals surface area contributed by atoms with E-state index < -0.39 is 0 Å². The van der Waals surface area contributed by atoms with Gasteiger partial charge in [-0.2, -0.15) is 10.5 Å².